The van der Waals surface area contributed by atoms with Crippen molar-refractivity contribution in [1.82, 2.24) is 0 Å². The molecule has 5 nitrogen and oxygen atoms in total. The van der Waals surface area contributed by atoms with Crippen molar-refractivity contribution in [2.24, 2.45) is 0 Å². The van der Waals surface area contributed by atoms with Crippen LogP contribution in [0.3, 0.4) is 0 Å². The number of Topliss-reactive ketones (excluding diaryl/α,β-unsaturated/α-hetero) is 1. The van der Waals surface area contributed by atoms with E-state index in [-0.39, 0.29) is 29.6 Å². The second-order valence-corrected chi connectivity index (χ2v) is 5.05. The second kappa shape index (κ2) is 6.04. The first-order chi connectivity index (χ1) is 11.1. The lowest BCUT2D eigenvalue weighted by atomic mass is 9.98. The number of carbonyl (C=O) groups is 1. The minimum Gasteiger partial charge on any atom is -0.502 e. The Bertz CT molecular complexity index is 775. The van der Waals surface area contributed by atoms with Crippen LogP contribution in [-0.2, 0) is 0 Å². The molecule has 0 saturated heterocycles. The average molecular weight is 312 g/mol. The highest BCUT2D eigenvalue weighted by molar-refractivity contribution is 6.14. The molecule has 2 aromatic carbocycles. The predicted octanol–water partition coefficient (Wildman–Crippen LogP) is 3.07. The lowest BCUT2D eigenvalue weighted by Gasteiger charge is -2.20. The monoisotopic (exact) mass is 312 g/mol. The number of carbonyl (C=O) groups excluding carboxylic acids is 1. The Hall–Kier alpha value is -2.95. The van der Waals surface area contributed by atoms with Crippen molar-refractivity contribution < 1.29 is 24.1 Å². The predicted molar refractivity (Wildman–Crippen MR) is 85.5 cm³/mol. The van der Waals surface area contributed by atoms with Gasteiger partial charge < -0.3 is 19.3 Å². The fourth-order valence-electron chi connectivity index (χ4n) is 2.44. The maximum atomic E-state index is 12.6. The summed E-state index contributed by atoms with van der Waals surface area (Å²) >= 11 is 0. The Kier molecular flexibility index (Phi) is 3.93. The van der Waals surface area contributed by atoms with E-state index in [0.717, 1.165) is 11.3 Å². The zero-order valence-corrected chi connectivity index (χ0v) is 12.8. The van der Waals surface area contributed by atoms with Gasteiger partial charge in [0.25, 0.3) is 0 Å². The van der Waals surface area contributed by atoms with Crippen molar-refractivity contribution in [2.75, 3.05) is 20.8 Å². The highest BCUT2D eigenvalue weighted by atomic mass is 16.5. The van der Waals surface area contributed by atoms with Gasteiger partial charge in [0.15, 0.2) is 17.3 Å². The summed E-state index contributed by atoms with van der Waals surface area (Å²) in [5.41, 5.74) is 1.72. The van der Waals surface area contributed by atoms with Crippen molar-refractivity contribution >= 4 is 11.9 Å². The number of hydrogen-bond donors (Lipinski definition) is 1. The van der Waals surface area contributed by atoms with E-state index < -0.39 is 0 Å². The molecule has 1 aliphatic rings. The Morgan fingerprint density at radius 3 is 2.48 bits per heavy atom. The number of methoxy groups -OCH3 is 2. The molecule has 0 unspecified atom stereocenters. The third kappa shape index (κ3) is 2.73. The van der Waals surface area contributed by atoms with Crippen LogP contribution in [0.15, 0.2) is 42.0 Å². The first-order valence-corrected chi connectivity index (χ1v) is 7.06. The number of phenols is 1. The van der Waals surface area contributed by atoms with Gasteiger partial charge in [-0.3, -0.25) is 4.79 Å². The molecule has 23 heavy (non-hydrogen) atoms. The molecule has 1 heterocycles. The van der Waals surface area contributed by atoms with Gasteiger partial charge in [-0.25, -0.2) is 0 Å². The minimum atomic E-state index is -0.167. The van der Waals surface area contributed by atoms with Gasteiger partial charge in [0.2, 0.25) is 5.75 Å². The highest BCUT2D eigenvalue weighted by Crippen LogP contribution is 2.42. The molecule has 0 aromatic heterocycles. The number of aromatic hydroxyl groups is 1. The summed E-state index contributed by atoms with van der Waals surface area (Å²) < 4.78 is 15.7. The molecule has 2 aromatic rings. The SMILES string of the molecule is COc1ccc(/C=C2\COc3c(ccc(OC)c3O)C2=O)cc1. The van der Waals surface area contributed by atoms with Crippen LogP contribution in [0.4, 0.5) is 0 Å². The average Bonchev–Trinajstić information content (AvgIpc) is 2.58. The summed E-state index contributed by atoms with van der Waals surface area (Å²) in [7, 11) is 3.05. The van der Waals surface area contributed by atoms with Crippen molar-refractivity contribution in [3.05, 3.63) is 53.1 Å². The van der Waals surface area contributed by atoms with Gasteiger partial charge in [-0.15, -0.1) is 0 Å². The quantitative estimate of drug-likeness (QED) is 0.882. The van der Waals surface area contributed by atoms with Gasteiger partial charge in [0.05, 0.1) is 19.8 Å². The Labute approximate surface area is 133 Å². The molecule has 0 amide bonds. The van der Waals surface area contributed by atoms with Crippen LogP contribution in [0.25, 0.3) is 6.08 Å². The smallest absolute Gasteiger partial charge is 0.201 e. The number of hydrogen-bond acceptors (Lipinski definition) is 5. The molecule has 0 saturated carbocycles. The molecular weight excluding hydrogens is 296 g/mol. The Morgan fingerprint density at radius 1 is 1.09 bits per heavy atom. The molecule has 0 aliphatic carbocycles. The number of phenolic OH excluding ortho intramolecular Hbond substituents is 1. The van der Waals surface area contributed by atoms with Gasteiger partial charge in [-0.2, -0.15) is 0 Å². The molecular formula is C18H16O5. The molecule has 0 spiro atoms. The Morgan fingerprint density at radius 2 is 1.83 bits per heavy atom. The standard InChI is InChI=1S/C18H16O5/c1-21-13-5-3-11(4-6-13)9-12-10-23-18-14(16(12)19)7-8-15(22-2)17(18)20/h3-9,20H,10H2,1-2H3/b12-9+. The van der Waals surface area contributed by atoms with Gasteiger partial charge >= 0.3 is 0 Å². The van der Waals surface area contributed by atoms with Crippen LogP contribution in [0.5, 0.6) is 23.0 Å². The van der Waals surface area contributed by atoms with Crippen molar-refractivity contribution in [3.63, 3.8) is 0 Å². The van der Waals surface area contributed by atoms with Crippen LogP contribution >= 0.6 is 0 Å². The molecule has 0 fully saturated rings. The lowest BCUT2D eigenvalue weighted by Crippen LogP contribution is -2.19. The van der Waals surface area contributed by atoms with E-state index in [0.29, 0.717) is 11.1 Å². The lowest BCUT2D eigenvalue weighted by molar-refractivity contribution is 0.0998. The number of rotatable bonds is 3. The maximum absolute atomic E-state index is 12.6. The molecule has 1 N–H and O–H groups in total. The normalized spacial score (nSPS) is 15.0. The van der Waals surface area contributed by atoms with Crippen molar-refractivity contribution in [3.8, 4) is 23.0 Å². The van der Waals surface area contributed by atoms with E-state index in [4.69, 9.17) is 14.2 Å². The summed E-state index contributed by atoms with van der Waals surface area (Å²) in [5.74, 6) is 0.878. The van der Waals surface area contributed by atoms with Crippen LogP contribution in [0.2, 0.25) is 0 Å². The van der Waals surface area contributed by atoms with Crippen molar-refractivity contribution in [2.45, 2.75) is 0 Å². The molecule has 118 valence electrons. The van der Waals surface area contributed by atoms with Crippen LogP contribution in [0, 0.1) is 0 Å². The van der Waals surface area contributed by atoms with E-state index in [1.54, 1.807) is 25.3 Å². The maximum Gasteiger partial charge on any atom is 0.201 e. The third-order valence-corrected chi connectivity index (χ3v) is 3.68. The molecule has 3 rings (SSSR count). The molecule has 5 heteroatoms. The first kappa shape index (κ1) is 15.0. The van der Waals surface area contributed by atoms with E-state index in [9.17, 15) is 9.90 Å². The van der Waals surface area contributed by atoms with E-state index >= 15 is 0 Å². The van der Waals surface area contributed by atoms with Crippen LogP contribution < -0.4 is 14.2 Å². The van der Waals surface area contributed by atoms with Crippen molar-refractivity contribution in [1.29, 1.82) is 0 Å². The zero-order valence-electron chi connectivity index (χ0n) is 12.8. The van der Waals surface area contributed by atoms with Crippen LogP contribution in [-0.4, -0.2) is 31.7 Å². The summed E-state index contributed by atoms with van der Waals surface area (Å²) in [5, 5.41) is 10.1. The fraction of sp³-hybridized carbons (Fsp3) is 0.167. The summed E-state index contributed by atoms with van der Waals surface area (Å²) in [6, 6.07) is 10.5. The second-order valence-electron chi connectivity index (χ2n) is 5.05. The van der Waals surface area contributed by atoms with Gasteiger partial charge in [0, 0.05) is 5.57 Å². The fourth-order valence-corrected chi connectivity index (χ4v) is 2.44. The van der Waals surface area contributed by atoms with Gasteiger partial charge in [-0.05, 0) is 35.9 Å². The largest absolute Gasteiger partial charge is 0.502 e. The highest BCUT2D eigenvalue weighted by Gasteiger charge is 2.27. The van der Waals surface area contributed by atoms with E-state index in [1.165, 1.54) is 7.11 Å². The number of ketones is 1. The van der Waals surface area contributed by atoms with Gasteiger partial charge in [0.1, 0.15) is 12.4 Å². The number of benzene rings is 2. The third-order valence-electron chi connectivity index (χ3n) is 3.68. The number of ether oxygens (including phenoxy) is 3. The minimum absolute atomic E-state index is 0.0958. The van der Waals surface area contributed by atoms with E-state index in [1.807, 2.05) is 24.3 Å². The Balaban J connectivity index is 1.94. The topological polar surface area (TPSA) is 65.0 Å². The molecule has 0 bridgehead atoms. The summed E-state index contributed by atoms with van der Waals surface area (Å²) in [4.78, 5) is 12.6. The molecule has 0 radical (unpaired) electrons. The summed E-state index contributed by atoms with van der Waals surface area (Å²) in [6.45, 7) is 0.0958. The zero-order chi connectivity index (χ0) is 16.4. The number of fused-ring (bicyclic) bond motifs is 1. The molecule has 0 atom stereocenters. The summed E-state index contributed by atoms with van der Waals surface area (Å²) in [6.07, 6.45) is 1.77. The molecule has 1 aliphatic heterocycles. The van der Waals surface area contributed by atoms with Crippen LogP contribution in [0.1, 0.15) is 15.9 Å². The first-order valence-electron chi connectivity index (χ1n) is 7.06. The van der Waals surface area contributed by atoms with E-state index in [2.05, 4.69) is 0 Å². The van der Waals surface area contributed by atoms with Gasteiger partial charge in [-0.1, -0.05) is 12.1 Å².